The number of pyridine rings is 1. The fourth-order valence-electron chi connectivity index (χ4n) is 2.37. The number of nitrogen functional groups attached to an aromatic ring is 1. The van der Waals surface area contributed by atoms with Gasteiger partial charge >= 0.3 is 0 Å². The van der Waals surface area contributed by atoms with Crippen LogP contribution in [0.1, 0.15) is 17.3 Å². The van der Waals surface area contributed by atoms with E-state index in [1.54, 1.807) is 55.7 Å². The second-order valence-corrected chi connectivity index (χ2v) is 6.01. The van der Waals surface area contributed by atoms with Crippen LogP contribution in [-0.4, -0.2) is 38.6 Å². The third kappa shape index (κ3) is 4.77. The van der Waals surface area contributed by atoms with E-state index in [1.807, 2.05) is 6.07 Å². The summed E-state index contributed by atoms with van der Waals surface area (Å²) < 4.78 is 0. The number of carbonyl (C=O) groups excluding carboxylic acids is 1. The highest BCUT2D eigenvalue weighted by Gasteiger charge is 2.12. The maximum Gasteiger partial charge on any atom is 0.256 e. The predicted molar refractivity (Wildman–Crippen MR) is 104 cm³/mol. The van der Waals surface area contributed by atoms with Crippen LogP contribution in [0.4, 0.5) is 17.5 Å². The van der Waals surface area contributed by atoms with E-state index in [9.17, 15) is 9.90 Å². The van der Waals surface area contributed by atoms with E-state index in [0.29, 0.717) is 28.7 Å². The summed E-state index contributed by atoms with van der Waals surface area (Å²) in [5.74, 6) is 0.281. The Balaban J connectivity index is 1.93. The highest BCUT2D eigenvalue weighted by molar-refractivity contribution is 6.04. The molecule has 0 spiro atoms. The molecule has 0 aliphatic rings. The maximum absolute atomic E-state index is 12.5. The minimum atomic E-state index is -0.334. The van der Waals surface area contributed by atoms with Gasteiger partial charge < -0.3 is 21.5 Å². The van der Waals surface area contributed by atoms with Gasteiger partial charge in [0, 0.05) is 41.3 Å². The molecule has 1 aromatic carbocycles. The smallest absolute Gasteiger partial charge is 0.256 e. The largest absolute Gasteiger partial charge is 0.399 e. The Morgan fingerprint density at radius 2 is 2.07 bits per heavy atom. The fourth-order valence-corrected chi connectivity index (χ4v) is 2.37. The molecule has 2 aromatic heterocycles. The van der Waals surface area contributed by atoms with Crippen molar-refractivity contribution in [2.45, 2.75) is 13.0 Å². The minimum Gasteiger partial charge on any atom is -0.399 e. The molecule has 0 saturated carbocycles. The van der Waals surface area contributed by atoms with Gasteiger partial charge in [-0.05, 0) is 37.3 Å². The number of nitrogens with one attached hydrogen (secondary N) is 2. The first-order valence-electron chi connectivity index (χ1n) is 8.39. The normalized spacial score (nSPS) is 11.6. The van der Waals surface area contributed by atoms with Gasteiger partial charge in [-0.25, -0.2) is 4.98 Å². The van der Waals surface area contributed by atoms with Gasteiger partial charge in [-0.1, -0.05) is 6.07 Å². The number of benzene rings is 1. The first-order valence-corrected chi connectivity index (χ1v) is 8.39. The summed E-state index contributed by atoms with van der Waals surface area (Å²) in [6, 6.07) is 11.8. The number of amides is 1. The molecule has 3 aromatic rings. The summed E-state index contributed by atoms with van der Waals surface area (Å²) in [6.45, 7) is 1.72. The third-order valence-electron chi connectivity index (χ3n) is 3.72. The van der Waals surface area contributed by atoms with Gasteiger partial charge in [0.1, 0.15) is 5.82 Å². The topological polar surface area (TPSA) is 126 Å². The highest BCUT2D eigenvalue weighted by atomic mass is 16.3. The number of rotatable bonds is 6. The number of nitrogens with zero attached hydrogens (tertiary/aromatic N) is 3. The van der Waals surface area contributed by atoms with Gasteiger partial charge in [0.05, 0.1) is 12.3 Å². The number of carbonyl (C=O) groups is 1. The molecule has 0 radical (unpaired) electrons. The summed E-state index contributed by atoms with van der Waals surface area (Å²) in [5, 5.41) is 15.0. The highest BCUT2D eigenvalue weighted by Crippen LogP contribution is 2.21. The molecule has 0 aliphatic carbocycles. The second-order valence-electron chi connectivity index (χ2n) is 6.01. The Morgan fingerprint density at radius 1 is 1.22 bits per heavy atom. The number of hydrogen-bond donors (Lipinski definition) is 4. The number of nitrogens with two attached hydrogens (primary N) is 1. The van der Waals surface area contributed by atoms with Crippen molar-refractivity contribution >= 4 is 23.4 Å². The monoisotopic (exact) mass is 364 g/mol. The van der Waals surface area contributed by atoms with Crippen LogP contribution < -0.4 is 16.4 Å². The van der Waals surface area contributed by atoms with Crippen LogP contribution >= 0.6 is 0 Å². The van der Waals surface area contributed by atoms with Gasteiger partial charge in [0.2, 0.25) is 5.95 Å². The molecule has 0 unspecified atom stereocenters. The number of aliphatic hydroxyl groups excluding tert-OH is 1. The van der Waals surface area contributed by atoms with Crippen LogP contribution in [0, 0.1) is 0 Å². The number of anilines is 3. The first-order chi connectivity index (χ1) is 13.0. The average molecular weight is 364 g/mol. The SMILES string of the molecule is C[C@H](CO)Nc1nc(NC(=O)c2cccc(N)c2)cc(-c2cccnc2)n1. The molecule has 138 valence electrons. The van der Waals surface area contributed by atoms with Crippen LogP contribution in [-0.2, 0) is 0 Å². The molecule has 27 heavy (non-hydrogen) atoms. The molecule has 3 rings (SSSR count). The summed E-state index contributed by atoms with van der Waals surface area (Å²) >= 11 is 0. The van der Waals surface area contributed by atoms with Crippen molar-refractivity contribution in [3.63, 3.8) is 0 Å². The molecular weight excluding hydrogens is 344 g/mol. The molecule has 8 heteroatoms. The Morgan fingerprint density at radius 3 is 2.78 bits per heavy atom. The molecule has 1 atom stereocenters. The molecular formula is C19H20N6O2. The lowest BCUT2D eigenvalue weighted by atomic mass is 10.2. The number of aromatic nitrogens is 3. The molecule has 0 fully saturated rings. The molecule has 8 nitrogen and oxygen atoms in total. The molecule has 1 amide bonds. The quantitative estimate of drug-likeness (QED) is 0.494. The molecule has 5 N–H and O–H groups in total. The molecule has 0 bridgehead atoms. The van der Waals surface area contributed by atoms with Gasteiger partial charge in [-0.15, -0.1) is 0 Å². The van der Waals surface area contributed by atoms with Gasteiger partial charge in [-0.2, -0.15) is 4.98 Å². The first kappa shape index (κ1) is 18.3. The molecule has 0 saturated heterocycles. The van der Waals surface area contributed by atoms with E-state index >= 15 is 0 Å². The van der Waals surface area contributed by atoms with Gasteiger partial charge in [0.15, 0.2) is 0 Å². The van der Waals surface area contributed by atoms with Gasteiger partial charge in [-0.3, -0.25) is 9.78 Å². The maximum atomic E-state index is 12.5. The standard InChI is InChI=1S/C19H20N6O2/c1-12(11-26)22-19-23-16(14-5-3-7-21-10-14)9-17(25-19)24-18(27)13-4-2-6-15(20)8-13/h2-10,12,26H,11,20H2,1H3,(H2,22,23,24,25,27)/t12-/m1/s1. The van der Waals surface area contributed by atoms with Crippen molar-refractivity contribution in [3.8, 4) is 11.3 Å². The van der Waals surface area contributed by atoms with Crippen molar-refractivity contribution in [2.75, 3.05) is 23.0 Å². The summed E-state index contributed by atoms with van der Waals surface area (Å²) in [5.41, 5.74) is 8.03. The zero-order chi connectivity index (χ0) is 19.2. The fraction of sp³-hybridized carbons (Fsp3) is 0.158. The van der Waals surface area contributed by atoms with E-state index < -0.39 is 0 Å². The second kappa shape index (κ2) is 8.24. The van der Waals surface area contributed by atoms with E-state index in [2.05, 4.69) is 25.6 Å². The van der Waals surface area contributed by atoms with Crippen LogP contribution in [0.5, 0.6) is 0 Å². The summed E-state index contributed by atoms with van der Waals surface area (Å²) in [7, 11) is 0. The van der Waals surface area contributed by atoms with Crippen LogP contribution in [0.2, 0.25) is 0 Å². The zero-order valence-corrected chi connectivity index (χ0v) is 14.8. The van der Waals surface area contributed by atoms with Crippen molar-refractivity contribution in [3.05, 3.63) is 60.4 Å². The Bertz CT molecular complexity index is 932. The Labute approximate surface area is 156 Å². The van der Waals surface area contributed by atoms with Crippen molar-refractivity contribution in [1.29, 1.82) is 0 Å². The Kier molecular flexibility index (Phi) is 5.58. The van der Waals surface area contributed by atoms with Crippen LogP contribution in [0.15, 0.2) is 54.9 Å². The summed E-state index contributed by atoms with van der Waals surface area (Å²) in [6.07, 6.45) is 3.34. The van der Waals surface area contributed by atoms with Gasteiger partial charge in [0.25, 0.3) is 5.91 Å². The van der Waals surface area contributed by atoms with Crippen LogP contribution in [0.3, 0.4) is 0 Å². The van der Waals surface area contributed by atoms with Crippen LogP contribution in [0.25, 0.3) is 11.3 Å². The third-order valence-corrected chi connectivity index (χ3v) is 3.72. The lowest BCUT2D eigenvalue weighted by Gasteiger charge is -2.14. The lowest BCUT2D eigenvalue weighted by Crippen LogP contribution is -2.22. The minimum absolute atomic E-state index is 0.0779. The lowest BCUT2D eigenvalue weighted by molar-refractivity contribution is 0.102. The number of hydrogen-bond acceptors (Lipinski definition) is 7. The Hall–Kier alpha value is -3.52. The van der Waals surface area contributed by atoms with Crippen molar-refractivity contribution in [2.24, 2.45) is 0 Å². The van der Waals surface area contributed by atoms with Crippen molar-refractivity contribution < 1.29 is 9.90 Å². The molecule has 2 heterocycles. The van der Waals surface area contributed by atoms with Crippen molar-refractivity contribution in [1.82, 2.24) is 15.0 Å². The van der Waals surface area contributed by atoms with E-state index in [4.69, 9.17) is 5.73 Å². The zero-order valence-electron chi connectivity index (χ0n) is 14.8. The number of aliphatic hydroxyl groups is 1. The summed E-state index contributed by atoms with van der Waals surface area (Å²) in [4.78, 5) is 25.4. The predicted octanol–water partition coefficient (Wildman–Crippen LogP) is 2.17. The van der Waals surface area contributed by atoms with E-state index in [1.165, 1.54) is 0 Å². The van der Waals surface area contributed by atoms with E-state index in [-0.39, 0.29) is 18.6 Å². The van der Waals surface area contributed by atoms with E-state index in [0.717, 1.165) is 5.56 Å². The average Bonchev–Trinajstić information content (AvgIpc) is 2.68. The molecule has 0 aliphatic heterocycles.